The van der Waals surface area contributed by atoms with Gasteiger partial charge in [0.05, 0.1) is 25.9 Å². The maximum Gasteiger partial charge on any atom is 0.228 e. The van der Waals surface area contributed by atoms with E-state index in [2.05, 4.69) is 30.4 Å². The van der Waals surface area contributed by atoms with E-state index in [1.54, 1.807) is 6.26 Å². The van der Waals surface area contributed by atoms with Gasteiger partial charge in [-0.15, -0.1) is 0 Å². The third-order valence-electron chi connectivity index (χ3n) is 5.34. The first-order valence-corrected chi connectivity index (χ1v) is 11.6. The number of piperazine rings is 1. The first kappa shape index (κ1) is 19.3. The molecule has 3 aromatic heterocycles. The summed E-state index contributed by atoms with van der Waals surface area (Å²) in [5.41, 5.74) is 1.40. The van der Waals surface area contributed by atoms with Crippen LogP contribution in [-0.4, -0.2) is 75.3 Å². The Morgan fingerprint density at radius 3 is 2.67 bits per heavy atom. The fourth-order valence-corrected chi connectivity index (χ4v) is 4.76. The summed E-state index contributed by atoms with van der Waals surface area (Å²) in [6, 6.07) is 3.77. The number of fused-ring (bicyclic) bond motifs is 1. The van der Waals surface area contributed by atoms with E-state index in [1.807, 2.05) is 12.1 Å². The summed E-state index contributed by atoms with van der Waals surface area (Å²) >= 11 is -0.762. The number of anilines is 3. The van der Waals surface area contributed by atoms with E-state index >= 15 is 0 Å². The van der Waals surface area contributed by atoms with Crippen molar-refractivity contribution in [3.05, 3.63) is 30.5 Å². The molecular weight excluding hydrogens is 404 g/mol. The highest BCUT2D eigenvalue weighted by molar-refractivity contribution is 7.91. The monoisotopic (exact) mass is 428 g/mol. The molecule has 5 heterocycles. The maximum absolute atomic E-state index is 11.9. The number of rotatable bonds is 5. The lowest BCUT2D eigenvalue weighted by atomic mass is 10.3. The van der Waals surface area contributed by atoms with Gasteiger partial charge < -0.3 is 29.4 Å². The van der Waals surface area contributed by atoms with Gasteiger partial charge in [-0.25, -0.2) is 15.0 Å². The Labute approximate surface area is 177 Å². The van der Waals surface area contributed by atoms with Crippen molar-refractivity contribution in [2.75, 3.05) is 65.9 Å². The number of hydrogen-bond acceptors (Lipinski definition) is 10. The number of hydrogen-bond donors (Lipinski definition) is 2. The second-order valence-corrected chi connectivity index (χ2v) is 8.97. The normalized spacial score (nSPS) is 18.2. The molecule has 158 valence electrons. The van der Waals surface area contributed by atoms with Crippen LogP contribution in [0.4, 0.5) is 17.6 Å². The molecule has 2 saturated heterocycles. The molecule has 0 radical (unpaired) electrons. The molecule has 0 aliphatic carbocycles. The molecule has 5 rings (SSSR count). The van der Waals surface area contributed by atoms with E-state index in [0.717, 1.165) is 37.8 Å². The molecule has 0 amide bonds. The molecule has 2 fully saturated rings. The Morgan fingerprint density at radius 1 is 1.07 bits per heavy atom. The van der Waals surface area contributed by atoms with Crippen molar-refractivity contribution in [3.63, 3.8) is 0 Å². The molecule has 0 aromatic carbocycles. The van der Waals surface area contributed by atoms with Crippen LogP contribution in [0, 0.1) is 0 Å². The summed E-state index contributed by atoms with van der Waals surface area (Å²) in [5.74, 6) is 4.22. The van der Waals surface area contributed by atoms with E-state index in [-0.39, 0.29) is 0 Å². The number of aromatic nitrogens is 4. The van der Waals surface area contributed by atoms with Gasteiger partial charge in [0.2, 0.25) is 5.95 Å². The molecule has 0 spiro atoms. The van der Waals surface area contributed by atoms with Gasteiger partial charge in [-0.1, -0.05) is 11.2 Å². The van der Waals surface area contributed by atoms with Gasteiger partial charge in [0, 0.05) is 26.2 Å². The Bertz CT molecular complexity index is 988. The maximum atomic E-state index is 11.9. The van der Waals surface area contributed by atoms with Crippen molar-refractivity contribution in [2.45, 2.75) is 6.54 Å². The van der Waals surface area contributed by atoms with Crippen molar-refractivity contribution in [2.24, 2.45) is 0 Å². The summed E-state index contributed by atoms with van der Waals surface area (Å²) in [6.45, 7) is 5.38. The second-order valence-electron chi connectivity index (χ2n) is 7.27. The van der Waals surface area contributed by atoms with Gasteiger partial charge in [-0.2, -0.15) is 4.98 Å². The Balaban J connectivity index is 1.55. The van der Waals surface area contributed by atoms with Crippen LogP contribution in [0.2, 0.25) is 0 Å². The van der Waals surface area contributed by atoms with E-state index in [9.17, 15) is 4.55 Å². The average Bonchev–Trinajstić information content (AvgIpc) is 3.32. The van der Waals surface area contributed by atoms with Gasteiger partial charge in [-0.3, -0.25) is 0 Å². The Kier molecular flexibility index (Phi) is 5.56. The predicted octanol–water partition coefficient (Wildman–Crippen LogP) is 0.603. The van der Waals surface area contributed by atoms with Gasteiger partial charge >= 0.3 is 0 Å². The molecule has 3 aromatic rings. The zero-order valence-corrected chi connectivity index (χ0v) is 17.4. The van der Waals surface area contributed by atoms with Gasteiger partial charge in [-0.05, 0) is 12.1 Å². The van der Waals surface area contributed by atoms with E-state index in [1.165, 1.54) is 6.33 Å². The number of nitrogens with one attached hydrogen (secondary N) is 2. The fourth-order valence-electron chi connectivity index (χ4n) is 3.71. The van der Waals surface area contributed by atoms with Gasteiger partial charge in [0.15, 0.2) is 11.6 Å². The van der Waals surface area contributed by atoms with Crippen LogP contribution in [0.1, 0.15) is 5.76 Å². The lowest BCUT2D eigenvalue weighted by Gasteiger charge is -2.32. The molecule has 0 saturated carbocycles. The van der Waals surface area contributed by atoms with Gasteiger partial charge in [0.25, 0.3) is 0 Å². The first-order valence-electron chi connectivity index (χ1n) is 10.1. The summed E-state index contributed by atoms with van der Waals surface area (Å²) in [5, 5.41) is 6.69. The van der Waals surface area contributed by atoms with Gasteiger partial charge in [0.1, 0.15) is 34.6 Å². The third kappa shape index (κ3) is 4.00. The molecule has 2 aliphatic rings. The number of nitrogens with zero attached hydrogens (tertiary/aromatic N) is 6. The molecule has 0 atom stereocenters. The molecule has 10 nitrogen and oxygen atoms in total. The molecule has 2 aliphatic heterocycles. The van der Waals surface area contributed by atoms with Crippen molar-refractivity contribution in [3.8, 4) is 0 Å². The highest BCUT2D eigenvalue weighted by atomic mass is 32.2. The summed E-state index contributed by atoms with van der Waals surface area (Å²) in [4.78, 5) is 23.1. The standard InChI is InChI=1S/C19H24N8O2S/c28-30-10-7-26(8-11-30)18-16-15(24-19(25-18)27-5-3-20-4-6-27)17(23-13-22-16)21-12-14-2-1-9-29-14/h1-2,9,13,20H,3-8,10-12H2,(H,21,22,23). The van der Waals surface area contributed by atoms with Crippen molar-refractivity contribution >= 4 is 39.8 Å². The predicted molar refractivity (Wildman–Crippen MR) is 116 cm³/mol. The minimum absolute atomic E-state index is 0.504. The first-order chi connectivity index (χ1) is 14.8. The van der Waals surface area contributed by atoms with Crippen LogP contribution in [0.25, 0.3) is 11.0 Å². The van der Waals surface area contributed by atoms with E-state index < -0.39 is 11.2 Å². The van der Waals surface area contributed by atoms with Crippen molar-refractivity contribution in [1.82, 2.24) is 25.3 Å². The zero-order valence-electron chi connectivity index (χ0n) is 16.6. The molecule has 11 heteroatoms. The lowest BCUT2D eigenvalue weighted by Crippen LogP contribution is -2.45. The fraction of sp³-hybridized carbons (Fsp3) is 0.474. The SMILES string of the molecule is [O-][S+]1CCN(c2nc(N3CCNCC3)nc3c(NCc4ccco4)ncnc23)CC1. The topological polar surface area (TPSA) is 118 Å². The van der Waals surface area contributed by atoms with Crippen molar-refractivity contribution in [1.29, 1.82) is 0 Å². The summed E-state index contributed by atoms with van der Waals surface area (Å²) in [6.07, 6.45) is 3.18. The van der Waals surface area contributed by atoms with Crippen LogP contribution in [-0.2, 0) is 17.7 Å². The van der Waals surface area contributed by atoms with Crippen LogP contribution >= 0.6 is 0 Å². The molecule has 0 unspecified atom stereocenters. The molecule has 0 bridgehead atoms. The van der Waals surface area contributed by atoms with Crippen molar-refractivity contribution < 1.29 is 8.97 Å². The minimum atomic E-state index is -0.762. The highest BCUT2D eigenvalue weighted by Gasteiger charge is 2.26. The average molecular weight is 429 g/mol. The number of furan rings is 1. The minimum Gasteiger partial charge on any atom is -0.616 e. The molecular formula is C19H24N8O2S. The smallest absolute Gasteiger partial charge is 0.228 e. The van der Waals surface area contributed by atoms with Crippen LogP contribution in [0.15, 0.2) is 29.1 Å². The highest BCUT2D eigenvalue weighted by Crippen LogP contribution is 2.29. The lowest BCUT2D eigenvalue weighted by molar-refractivity contribution is 0.518. The zero-order chi connectivity index (χ0) is 20.3. The van der Waals surface area contributed by atoms with Crippen LogP contribution < -0.4 is 20.4 Å². The summed E-state index contributed by atoms with van der Waals surface area (Å²) < 4.78 is 17.3. The quantitative estimate of drug-likeness (QED) is 0.559. The Morgan fingerprint density at radius 2 is 1.90 bits per heavy atom. The van der Waals surface area contributed by atoms with E-state index in [4.69, 9.17) is 14.4 Å². The Hall–Kier alpha value is -2.63. The second kappa shape index (κ2) is 8.62. The van der Waals surface area contributed by atoms with E-state index in [0.29, 0.717) is 53.9 Å². The molecule has 30 heavy (non-hydrogen) atoms. The van der Waals surface area contributed by atoms with Crippen LogP contribution in [0.5, 0.6) is 0 Å². The molecule has 2 N–H and O–H groups in total. The largest absolute Gasteiger partial charge is 0.616 e. The van der Waals surface area contributed by atoms with Crippen LogP contribution in [0.3, 0.4) is 0 Å². The summed E-state index contributed by atoms with van der Waals surface area (Å²) in [7, 11) is 0. The third-order valence-corrected chi connectivity index (χ3v) is 6.61.